The molecule has 3 rings (SSSR count). The molecule has 4 heteroatoms. The summed E-state index contributed by atoms with van der Waals surface area (Å²) in [5.74, 6) is 0.559. The highest BCUT2D eigenvalue weighted by Crippen LogP contribution is 2.47. The maximum atomic E-state index is 12.5. The molecule has 1 saturated heterocycles. The lowest BCUT2D eigenvalue weighted by Crippen LogP contribution is -2.55. The Morgan fingerprint density at radius 1 is 1.17 bits per heavy atom. The van der Waals surface area contributed by atoms with E-state index < -0.39 is 0 Å². The molecule has 0 aromatic heterocycles. The van der Waals surface area contributed by atoms with Crippen LogP contribution >= 0.6 is 0 Å². The lowest BCUT2D eigenvalue weighted by Gasteiger charge is -2.37. The molecule has 2 amide bonds. The highest BCUT2D eigenvalue weighted by molar-refractivity contribution is 6.06. The van der Waals surface area contributed by atoms with Crippen LogP contribution in [0, 0.1) is 17.8 Å². The van der Waals surface area contributed by atoms with Crippen LogP contribution in [-0.2, 0) is 9.59 Å². The highest BCUT2D eigenvalue weighted by Gasteiger charge is 2.57. The maximum absolute atomic E-state index is 12.5. The van der Waals surface area contributed by atoms with Crippen molar-refractivity contribution in [1.82, 2.24) is 4.90 Å². The second-order valence-corrected chi connectivity index (χ2v) is 6.44. The lowest BCUT2D eigenvalue weighted by atomic mass is 9.94. The quantitative estimate of drug-likeness (QED) is 0.751. The summed E-state index contributed by atoms with van der Waals surface area (Å²) >= 11 is 0. The molecule has 18 heavy (non-hydrogen) atoms. The van der Waals surface area contributed by atoms with Gasteiger partial charge in [0.15, 0.2) is 0 Å². The number of nitrogens with zero attached hydrogens (tertiary/aromatic N) is 1. The van der Waals surface area contributed by atoms with Crippen molar-refractivity contribution in [2.45, 2.75) is 51.0 Å². The minimum absolute atomic E-state index is 0.0449. The van der Waals surface area contributed by atoms with E-state index in [2.05, 4.69) is 6.92 Å². The van der Waals surface area contributed by atoms with Crippen molar-refractivity contribution in [2.24, 2.45) is 23.5 Å². The average molecular weight is 250 g/mol. The number of fused-ring (bicyclic) bond motifs is 1. The molecule has 2 aliphatic carbocycles. The third kappa shape index (κ3) is 1.48. The van der Waals surface area contributed by atoms with E-state index in [9.17, 15) is 9.59 Å². The van der Waals surface area contributed by atoms with Gasteiger partial charge in [0, 0.05) is 6.54 Å². The Hall–Kier alpha value is -0.900. The second-order valence-electron chi connectivity index (χ2n) is 6.44. The summed E-state index contributed by atoms with van der Waals surface area (Å²) in [6, 6.07) is 0. The van der Waals surface area contributed by atoms with Gasteiger partial charge in [-0.15, -0.1) is 0 Å². The van der Waals surface area contributed by atoms with Gasteiger partial charge in [-0.1, -0.05) is 19.8 Å². The second kappa shape index (κ2) is 4.05. The van der Waals surface area contributed by atoms with Gasteiger partial charge in [0.1, 0.15) is 0 Å². The van der Waals surface area contributed by atoms with Gasteiger partial charge >= 0.3 is 0 Å². The van der Waals surface area contributed by atoms with Crippen molar-refractivity contribution in [2.75, 3.05) is 6.54 Å². The first-order chi connectivity index (χ1) is 8.59. The van der Waals surface area contributed by atoms with E-state index in [1.165, 1.54) is 0 Å². The van der Waals surface area contributed by atoms with E-state index in [1.807, 2.05) is 0 Å². The monoisotopic (exact) mass is 250 g/mol. The van der Waals surface area contributed by atoms with Gasteiger partial charge in [-0.25, -0.2) is 0 Å². The van der Waals surface area contributed by atoms with Crippen molar-refractivity contribution in [3.05, 3.63) is 0 Å². The summed E-state index contributed by atoms with van der Waals surface area (Å²) in [6.45, 7) is 2.57. The largest absolute Gasteiger partial charge is 0.328 e. The van der Waals surface area contributed by atoms with Gasteiger partial charge in [0.05, 0.1) is 17.4 Å². The fourth-order valence-corrected chi connectivity index (χ4v) is 4.30. The van der Waals surface area contributed by atoms with E-state index in [0.717, 1.165) is 38.5 Å². The Morgan fingerprint density at radius 2 is 1.67 bits per heavy atom. The molecular weight excluding hydrogens is 228 g/mol. The van der Waals surface area contributed by atoms with Crippen LogP contribution in [0.25, 0.3) is 0 Å². The fraction of sp³-hybridized carbons (Fsp3) is 0.857. The van der Waals surface area contributed by atoms with Gasteiger partial charge in [-0.3, -0.25) is 14.5 Å². The number of carbonyl (C=O) groups is 2. The Bertz CT molecular complexity index is 363. The van der Waals surface area contributed by atoms with Crippen molar-refractivity contribution < 1.29 is 9.59 Å². The number of amides is 2. The zero-order chi connectivity index (χ0) is 12.9. The van der Waals surface area contributed by atoms with E-state index >= 15 is 0 Å². The molecular formula is C14H22N2O2. The first-order valence-corrected chi connectivity index (χ1v) is 7.17. The topological polar surface area (TPSA) is 63.4 Å². The van der Waals surface area contributed by atoms with Crippen LogP contribution in [-0.4, -0.2) is 28.8 Å². The number of hydrogen-bond acceptors (Lipinski definition) is 3. The van der Waals surface area contributed by atoms with E-state index in [-0.39, 0.29) is 29.2 Å². The third-order valence-corrected chi connectivity index (χ3v) is 5.26. The van der Waals surface area contributed by atoms with Crippen LogP contribution < -0.4 is 5.73 Å². The van der Waals surface area contributed by atoms with Crippen molar-refractivity contribution in [1.29, 1.82) is 0 Å². The molecule has 2 unspecified atom stereocenters. The molecule has 1 heterocycles. The molecule has 0 spiro atoms. The highest BCUT2D eigenvalue weighted by atomic mass is 16.2. The van der Waals surface area contributed by atoms with Crippen LogP contribution in [0.5, 0.6) is 0 Å². The van der Waals surface area contributed by atoms with Gasteiger partial charge in [0.25, 0.3) is 0 Å². The van der Waals surface area contributed by atoms with Crippen molar-refractivity contribution >= 4 is 11.8 Å². The zero-order valence-corrected chi connectivity index (χ0v) is 11.0. The molecule has 1 aliphatic heterocycles. The summed E-state index contributed by atoms with van der Waals surface area (Å²) in [5, 5.41) is 0. The van der Waals surface area contributed by atoms with Crippen LogP contribution in [0.4, 0.5) is 0 Å². The molecule has 0 aromatic rings. The number of hydrogen-bond donors (Lipinski definition) is 1. The molecule has 0 bridgehead atoms. The Morgan fingerprint density at radius 3 is 2.11 bits per heavy atom. The number of nitrogens with two attached hydrogens (primary N) is 1. The van der Waals surface area contributed by atoms with Gasteiger partial charge in [-0.2, -0.15) is 0 Å². The minimum atomic E-state index is -0.345. The van der Waals surface area contributed by atoms with Crippen molar-refractivity contribution in [3.63, 3.8) is 0 Å². The summed E-state index contributed by atoms with van der Waals surface area (Å²) < 4.78 is 0. The summed E-state index contributed by atoms with van der Waals surface area (Å²) in [7, 11) is 0. The molecule has 0 aromatic carbocycles. The average Bonchev–Trinajstić information content (AvgIpc) is 3.00. The Kier molecular flexibility index (Phi) is 2.73. The van der Waals surface area contributed by atoms with Crippen molar-refractivity contribution in [3.8, 4) is 0 Å². The molecule has 3 fully saturated rings. The normalized spacial score (nSPS) is 38.6. The fourth-order valence-electron chi connectivity index (χ4n) is 4.30. The lowest BCUT2D eigenvalue weighted by molar-refractivity contribution is -0.147. The smallest absolute Gasteiger partial charge is 0.233 e. The predicted molar refractivity (Wildman–Crippen MR) is 67.5 cm³/mol. The number of imide groups is 1. The van der Waals surface area contributed by atoms with Crippen LogP contribution in [0.1, 0.15) is 45.4 Å². The molecule has 2 atom stereocenters. The summed E-state index contributed by atoms with van der Waals surface area (Å²) in [6.07, 6.45) is 5.73. The van der Waals surface area contributed by atoms with E-state index in [1.54, 1.807) is 4.90 Å². The molecule has 2 saturated carbocycles. The molecule has 100 valence electrons. The summed E-state index contributed by atoms with van der Waals surface area (Å²) in [4.78, 5) is 26.7. The molecule has 0 radical (unpaired) electrons. The molecule has 3 aliphatic rings. The SMILES string of the molecule is CC1CC2C(=O)N(C3(CN)CCCC3)C(=O)C2C1. The zero-order valence-electron chi connectivity index (χ0n) is 11.0. The van der Waals surface area contributed by atoms with E-state index in [0.29, 0.717) is 12.5 Å². The maximum Gasteiger partial charge on any atom is 0.233 e. The summed E-state index contributed by atoms with van der Waals surface area (Å²) in [5.41, 5.74) is 5.56. The van der Waals surface area contributed by atoms with Crippen LogP contribution in [0.3, 0.4) is 0 Å². The first-order valence-electron chi connectivity index (χ1n) is 7.17. The van der Waals surface area contributed by atoms with Crippen LogP contribution in [0.2, 0.25) is 0 Å². The van der Waals surface area contributed by atoms with Gasteiger partial charge in [-0.05, 0) is 31.6 Å². The Labute approximate surface area is 108 Å². The van der Waals surface area contributed by atoms with Gasteiger partial charge in [0.2, 0.25) is 11.8 Å². The number of likely N-dealkylation sites (tertiary alicyclic amines) is 1. The number of rotatable bonds is 2. The standard InChI is InChI=1S/C14H22N2O2/c1-9-6-10-11(7-9)13(18)16(12(10)17)14(8-15)4-2-3-5-14/h9-11H,2-8,15H2,1H3. The molecule has 4 nitrogen and oxygen atoms in total. The van der Waals surface area contributed by atoms with Crippen LogP contribution in [0.15, 0.2) is 0 Å². The predicted octanol–water partition coefficient (Wildman–Crippen LogP) is 1.29. The first kappa shape index (κ1) is 12.2. The Balaban J connectivity index is 1.91. The van der Waals surface area contributed by atoms with E-state index in [4.69, 9.17) is 5.73 Å². The molecule has 2 N–H and O–H groups in total. The minimum Gasteiger partial charge on any atom is -0.328 e. The third-order valence-electron chi connectivity index (χ3n) is 5.26. The number of carbonyl (C=O) groups excluding carboxylic acids is 2. The van der Waals surface area contributed by atoms with Gasteiger partial charge < -0.3 is 5.73 Å².